The van der Waals surface area contributed by atoms with Gasteiger partial charge in [0, 0.05) is 19.0 Å². The van der Waals surface area contributed by atoms with E-state index >= 15 is 0 Å². The van der Waals surface area contributed by atoms with Crippen LogP contribution in [0.1, 0.15) is 18.1 Å². The fourth-order valence-electron chi connectivity index (χ4n) is 1.42. The molecule has 0 saturated carbocycles. The highest BCUT2D eigenvalue weighted by Gasteiger charge is 2.01. The number of hydrogen-bond donors (Lipinski definition) is 0. The van der Waals surface area contributed by atoms with Crippen LogP contribution in [0, 0.1) is 6.92 Å². The van der Waals surface area contributed by atoms with E-state index in [-0.39, 0.29) is 0 Å². The number of alkyl halides is 1. The molecule has 1 rings (SSSR count). The molecule has 0 radical (unpaired) electrons. The molecule has 1 aromatic rings. The van der Waals surface area contributed by atoms with E-state index in [0.717, 1.165) is 19.6 Å². The molecule has 14 heavy (non-hydrogen) atoms. The Labute approximate surface area is 91.7 Å². The van der Waals surface area contributed by atoms with Crippen LogP contribution in [0.25, 0.3) is 0 Å². The van der Waals surface area contributed by atoms with Crippen molar-refractivity contribution in [2.45, 2.75) is 20.4 Å². The van der Waals surface area contributed by atoms with Crippen LogP contribution in [0.3, 0.4) is 0 Å². The van der Waals surface area contributed by atoms with Gasteiger partial charge < -0.3 is 0 Å². The molecule has 0 spiro atoms. The molecule has 0 amide bonds. The zero-order valence-electron chi connectivity index (χ0n) is 8.96. The summed E-state index contributed by atoms with van der Waals surface area (Å²) in [5, 5.41) is 0. The summed E-state index contributed by atoms with van der Waals surface area (Å²) in [4.78, 5) is 2.34. The Balaban J connectivity index is 2.53. The van der Waals surface area contributed by atoms with Crippen molar-refractivity contribution in [3.63, 3.8) is 0 Å². The number of nitrogens with zero attached hydrogens (tertiary/aromatic N) is 1. The Morgan fingerprint density at radius 2 is 1.86 bits per heavy atom. The van der Waals surface area contributed by atoms with Gasteiger partial charge in [-0.1, -0.05) is 36.8 Å². The molecule has 0 N–H and O–H groups in total. The summed E-state index contributed by atoms with van der Waals surface area (Å²) < 4.78 is 0. The fraction of sp³-hybridized carbons (Fsp3) is 0.500. The average molecular weight is 212 g/mol. The van der Waals surface area contributed by atoms with Crippen molar-refractivity contribution in [1.29, 1.82) is 0 Å². The lowest BCUT2D eigenvalue weighted by Gasteiger charge is -2.18. The topological polar surface area (TPSA) is 3.24 Å². The van der Waals surface area contributed by atoms with Gasteiger partial charge in [-0.3, -0.25) is 4.90 Å². The van der Waals surface area contributed by atoms with Gasteiger partial charge >= 0.3 is 0 Å². The minimum absolute atomic E-state index is 0.708. The average Bonchev–Trinajstić information content (AvgIpc) is 2.20. The third-order valence-electron chi connectivity index (χ3n) is 2.37. The molecule has 0 saturated heterocycles. The predicted molar refractivity (Wildman–Crippen MR) is 62.9 cm³/mol. The van der Waals surface area contributed by atoms with Gasteiger partial charge in [0.15, 0.2) is 0 Å². The lowest BCUT2D eigenvalue weighted by molar-refractivity contribution is 0.297. The van der Waals surface area contributed by atoms with Gasteiger partial charge in [0.05, 0.1) is 0 Å². The molecule has 0 fully saturated rings. The summed E-state index contributed by atoms with van der Waals surface area (Å²) in [6.45, 7) is 7.30. The summed E-state index contributed by atoms with van der Waals surface area (Å²) >= 11 is 5.72. The van der Waals surface area contributed by atoms with Crippen molar-refractivity contribution in [1.82, 2.24) is 4.90 Å². The van der Waals surface area contributed by atoms with Gasteiger partial charge in [0.2, 0.25) is 0 Å². The van der Waals surface area contributed by atoms with E-state index in [1.807, 2.05) is 0 Å². The van der Waals surface area contributed by atoms with E-state index in [1.54, 1.807) is 0 Å². The molecule has 0 bridgehead atoms. The fourth-order valence-corrected chi connectivity index (χ4v) is 1.66. The number of hydrogen-bond acceptors (Lipinski definition) is 1. The standard InChI is InChI=1S/C12H18ClN/c1-3-14(9-8-13)10-12-6-4-11(2)5-7-12/h4-7H,3,8-10H2,1-2H3. The van der Waals surface area contributed by atoms with Crippen LogP contribution in [-0.2, 0) is 6.54 Å². The first-order valence-corrected chi connectivity index (χ1v) is 5.63. The smallest absolute Gasteiger partial charge is 0.0351 e. The zero-order chi connectivity index (χ0) is 10.4. The number of benzene rings is 1. The molecule has 2 heteroatoms. The van der Waals surface area contributed by atoms with Gasteiger partial charge in [0.1, 0.15) is 0 Å². The SMILES string of the molecule is CCN(CCCl)Cc1ccc(C)cc1. The van der Waals surface area contributed by atoms with Crippen molar-refractivity contribution in [2.75, 3.05) is 19.0 Å². The monoisotopic (exact) mass is 211 g/mol. The Bertz CT molecular complexity index is 256. The first-order valence-electron chi connectivity index (χ1n) is 5.10. The van der Waals surface area contributed by atoms with Crippen LogP contribution in [0.5, 0.6) is 0 Å². The van der Waals surface area contributed by atoms with Crippen LogP contribution in [0.15, 0.2) is 24.3 Å². The second-order valence-corrected chi connectivity index (χ2v) is 3.92. The van der Waals surface area contributed by atoms with Crippen LogP contribution in [0.4, 0.5) is 0 Å². The molecule has 0 unspecified atom stereocenters. The van der Waals surface area contributed by atoms with E-state index < -0.39 is 0 Å². The lowest BCUT2D eigenvalue weighted by Crippen LogP contribution is -2.24. The Morgan fingerprint density at radius 3 is 2.36 bits per heavy atom. The second kappa shape index (κ2) is 6.05. The highest BCUT2D eigenvalue weighted by atomic mass is 35.5. The van der Waals surface area contributed by atoms with E-state index in [2.05, 4.69) is 43.0 Å². The highest BCUT2D eigenvalue weighted by Crippen LogP contribution is 2.06. The summed E-state index contributed by atoms with van der Waals surface area (Å²) in [6, 6.07) is 8.69. The minimum Gasteiger partial charge on any atom is -0.298 e. The van der Waals surface area contributed by atoms with Crippen LogP contribution < -0.4 is 0 Å². The van der Waals surface area contributed by atoms with E-state index in [4.69, 9.17) is 11.6 Å². The van der Waals surface area contributed by atoms with E-state index in [0.29, 0.717) is 5.88 Å². The molecule has 0 aromatic heterocycles. The van der Waals surface area contributed by atoms with E-state index in [9.17, 15) is 0 Å². The second-order valence-electron chi connectivity index (χ2n) is 3.54. The lowest BCUT2D eigenvalue weighted by atomic mass is 10.1. The van der Waals surface area contributed by atoms with Crippen molar-refractivity contribution in [2.24, 2.45) is 0 Å². The Kier molecular flexibility index (Phi) is 4.99. The maximum atomic E-state index is 5.72. The van der Waals surface area contributed by atoms with Gasteiger partial charge in [-0.05, 0) is 19.0 Å². The maximum absolute atomic E-state index is 5.72. The molecular formula is C12H18ClN. The summed E-state index contributed by atoms with van der Waals surface area (Å²) in [7, 11) is 0. The molecule has 0 heterocycles. The van der Waals surface area contributed by atoms with Crippen LogP contribution in [-0.4, -0.2) is 23.9 Å². The Morgan fingerprint density at radius 1 is 1.21 bits per heavy atom. The summed E-state index contributed by atoms with van der Waals surface area (Å²) in [6.07, 6.45) is 0. The normalized spacial score (nSPS) is 10.9. The molecule has 0 atom stereocenters. The first-order chi connectivity index (χ1) is 6.76. The summed E-state index contributed by atoms with van der Waals surface area (Å²) in [5.74, 6) is 0.708. The van der Waals surface area contributed by atoms with Crippen molar-refractivity contribution in [3.8, 4) is 0 Å². The molecule has 0 aliphatic heterocycles. The highest BCUT2D eigenvalue weighted by molar-refractivity contribution is 6.18. The predicted octanol–water partition coefficient (Wildman–Crippen LogP) is 3.06. The minimum atomic E-state index is 0.708. The quantitative estimate of drug-likeness (QED) is 0.677. The third kappa shape index (κ3) is 3.69. The largest absolute Gasteiger partial charge is 0.298 e. The third-order valence-corrected chi connectivity index (χ3v) is 2.54. The van der Waals surface area contributed by atoms with Gasteiger partial charge in [-0.2, -0.15) is 0 Å². The molecule has 78 valence electrons. The molecule has 1 aromatic carbocycles. The molecule has 0 aliphatic rings. The van der Waals surface area contributed by atoms with Gasteiger partial charge in [-0.25, -0.2) is 0 Å². The van der Waals surface area contributed by atoms with Gasteiger partial charge in [0.25, 0.3) is 0 Å². The molecule has 1 nitrogen and oxygen atoms in total. The van der Waals surface area contributed by atoms with Crippen molar-refractivity contribution >= 4 is 11.6 Å². The van der Waals surface area contributed by atoms with Crippen LogP contribution >= 0.6 is 11.6 Å². The maximum Gasteiger partial charge on any atom is 0.0351 e. The zero-order valence-corrected chi connectivity index (χ0v) is 9.72. The van der Waals surface area contributed by atoms with Crippen LogP contribution in [0.2, 0.25) is 0 Å². The first kappa shape index (κ1) is 11.5. The number of aryl methyl sites for hydroxylation is 1. The van der Waals surface area contributed by atoms with Crippen molar-refractivity contribution in [3.05, 3.63) is 35.4 Å². The summed E-state index contributed by atoms with van der Waals surface area (Å²) in [5.41, 5.74) is 2.68. The van der Waals surface area contributed by atoms with Gasteiger partial charge in [-0.15, -0.1) is 11.6 Å². The molecular weight excluding hydrogens is 194 g/mol. The number of rotatable bonds is 5. The van der Waals surface area contributed by atoms with E-state index in [1.165, 1.54) is 11.1 Å². The Hall–Kier alpha value is -0.530. The molecule has 0 aliphatic carbocycles. The number of halogens is 1. The van der Waals surface area contributed by atoms with Crippen molar-refractivity contribution < 1.29 is 0 Å².